The van der Waals surface area contributed by atoms with Crippen LogP contribution in [-0.4, -0.2) is 173 Å². The van der Waals surface area contributed by atoms with Crippen LogP contribution in [0.2, 0.25) is 0 Å². The number of carboxylic acid groups (broad SMARTS) is 1. The SMILES string of the molecule is CC(=O)O.CN1CCN(S(=O)(=O)NCCN(C(=O)[C@H](CC(=O)NC[C@@H]2CCCN(C(=N)N)C2)NS(=O)(=O)N2CCOCC2)C2CC2)CC1. The number of nitrogens with zero attached hydrogens (tertiary/aromatic N) is 5. The second-order valence-electron chi connectivity index (χ2n) is 12.4. The largest absolute Gasteiger partial charge is 0.481 e. The number of likely N-dealkylation sites (tertiary alicyclic amines) is 1. The summed E-state index contributed by atoms with van der Waals surface area (Å²) in [6, 6.07) is -1.54. The van der Waals surface area contributed by atoms with Crippen LogP contribution in [0.1, 0.15) is 39.0 Å². The van der Waals surface area contributed by atoms with Gasteiger partial charge in [0.1, 0.15) is 6.04 Å². The minimum atomic E-state index is -4.12. The molecule has 0 unspecified atom stereocenters. The summed E-state index contributed by atoms with van der Waals surface area (Å²) in [7, 11) is -5.93. The highest BCUT2D eigenvalue weighted by Gasteiger charge is 2.39. The van der Waals surface area contributed by atoms with Crippen molar-refractivity contribution in [1.82, 2.24) is 38.1 Å². The Morgan fingerprint density at radius 1 is 0.979 bits per heavy atom. The number of carbonyl (C=O) groups is 3. The minimum absolute atomic E-state index is 0.0183. The third-order valence-corrected chi connectivity index (χ3v) is 11.7. The lowest BCUT2D eigenvalue weighted by molar-refractivity contribution is -0.136. The molecule has 0 bridgehead atoms. The van der Waals surface area contributed by atoms with Crippen LogP contribution in [0.4, 0.5) is 0 Å². The standard InChI is InChI=1S/C25H48N10O7S2.C2H4O2/c1-31-9-11-33(12-10-31)43(38,39)29-6-8-35(21-4-5-21)24(37)22(30-44(40,41)34-13-15-42-16-14-34)17-23(36)28-18-20-3-2-7-32(19-20)25(26)27;1-2(3)4/h20-22,29-30H,2-19H2,1H3,(H3,26,27)(H,28,36);1H3,(H,3,4)/t20-,22-;/m0./s1. The van der Waals surface area contributed by atoms with E-state index >= 15 is 0 Å². The molecule has 0 spiro atoms. The zero-order valence-corrected chi connectivity index (χ0v) is 29.4. The number of piperidine rings is 1. The molecule has 7 N–H and O–H groups in total. The van der Waals surface area contributed by atoms with Gasteiger partial charge in [-0.3, -0.25) is 19.8 Å². The van der Waals surface area contributed by atoms with Gasteiger partial charge in [0.15, 0.2) is 5.96 Å². The Morgan fingerprint density at radius 2 is 1.58 bits per heavy atom. The first-order valence-electron chi connectivity index (χ1n) is 16.2. The number of ether oxygens (including phenoxy) is 1. The molecule has 4 aliphatic rings. The Morgan fingerprint density at radius 3 is 2.17 bits per heavy atom. The van der Waals surface area contributed by atoms with E-state index in [1.165, 1.54) is 13.5 Å². The second-order valence-corrected chi connectivity index (χ2v) is 15.9. The predicted molar refractivity (Wildman–Crippen MR) is 176 cm³/mol. The summed E-state index contributed by atoms with van der Waals surface area (Å²) in [4.78, 5) is 41.2. The Hall–Kier alpha value is -2.66. The fourth-order valence-electron chi connectivity index (χ4n) is 5.66. The van der Waals surface area contributed by atoms with Gasteiger partial charge in [-0.15, -0.1) is 0 Å². The maximum atomic E-state index is 13.9. The normalized spacial score (nSPS) is 22.2. The summed E-state index contributed by atoms with van der Waals surface area (Å²) in [5, 5.41) is 17.9. The van der Waals surface area contributed by atoms with Gasteiger partial charge in [0.05, 0.1) is 19.6 Å². The maximum Gasteiger partial charge on any atom is 0.300 e. The molecule has 3 aliphatic heterocycles. The Balaban J connectivity index is 0.00000148. The number of likely N-dealkylation sites (N-methyl/N-ethyl adjacent to an activating group) is 1. The van der Waals surface area contributed by atoms with E-state index in [1.54, 1.807) is 4.90 Å². The van der Waals surface area contributed by atoms with Crippen molar-refractivity contribution in [2.24, 2.45) is 11.7 Å². The number of nitrogens with one attached hydrogen (secondary N) is 4. The molecular weight excluding hydrogens is 672 g/mol. The first-order chi connectivity index (χ1) is 22.6. The van der Waals surface area contributed by atoms with Crippen molar-refractivity contribution >= 4 is 44.2 Å². The number of hydrogen-bond acceptors (Lipinski definition) is 10. The Bertz CT molecular complexity index is 1310. The predicted octanol–water partition coefficient (Wildman–Crippen LogP) is -3.20. The van der Waals surface area contributed by atoms with E-state index in [0.29, 0.717) is 58.7 Å². The van der Waals surface area contributed by atoms with Gasteiger partial charge in [0.2, 0.25) is 11.8 Å². The number of amides is 2. The van der Waals surface area contributed by atoms with Gasteiger partial charge in [-0.05, 0) is 38.6 Å². The summed E-state index contributed by atoms with van der Waals surface area (Å²) >= 11 is 0. The van der Waals surface area contributed by atoms with E-state index in [1.807, 2.05) is 11.9 Å². The summed E-state index contributed by atoms with van der Waals surface area (Å²) in [6.45, 7) is 5.26. The maximum absolute atomic E-state index is 13.9. The van der Waals surface area contributed by atoms with Gasteiger partial charge in [-0.25, -0.2) is 4.72 Å². The molecule has 2 amide bonds. The van der Waals surface area contributed by atoms with E-state index in [4.69, 9.17) is 25.8 Å². The van der Waals surface area contributed by atoms with Gasteiger partial charge in [-0.2, -0.15) is 30.2 Å². The van der Waals surface area contributed by atoms with Crippen LogP contribution in [0.5, 0.6) is 0 Å². The number of guanidine groups is 1. The van der Waals surface area contributed by atoms with Crippen molar-refractivity contribution in [3.8, 4) is 0 Å². The van der Waals surface area contributed by atoms with Crippen LogP contribution in [0, 0.1) is 11.3 Å². The van der Waals surface area contributed by atoms with Crippen molar-refractivity contribution in [3.63, 3.8) is 0 Å². The molecule has 48 heavy (non-hydrogen) atoms. The lowest BCUT2D eigenvalue weighted by Crippen LogP contribution is -2.57. The van der Waals surface area contributed by atoms with Crippen molar-refractivity contribution in [3.05, 3.63) is 0 Å². The summed E-state index contributed by atoms with van der Waals surface area (Å²) in [6.07, 6.45) is 2.67. The van der Waals surface area contributed by atoms with Crippen LogP contribution in [0.15, 0.2) is 0 Å². The molecule has 4 rings (SSSR count). The minimum Gasteiger partial charge on any atom is -0.481 e. The number of carbonyl (C=O) groups excluding carboxylic acids is 2. The topological polar surface area (TPSA) is 251 Å². The van der Waals surface area contributed by atoms with Crippen molar-refractivity contribution in [1.29, 1.82) is 5.41 Å². The monoisotopic (exact) mass is 724 g/mol. The number of nitrogens with two attached hydrogens (primary N) is 1. The molecule has 276 valence electrons. The summed E-state index contributed by atoms with van der Waals surface area (Å²) < 4.78 is 65.1. The van der Waals surface area contributed by atoms with Gasteiger partial charge in [0.25, 0.3) is 26.4 Å². The van der Waals surface area contributed by atoms with Crippen LogP contribution >= 0.6 is 0 Å². The molecule has 2 atom stereocenters. The molecule has 0 aromatic carbocycles. The number of rotatable bonds is 14. The number of aliphatic carboxylic acids is 1. The fraction of sp³-hybridized carbons (Fsp3) is 0.852. The molecule has 3 saturated heterocycles. The molecular formula is C27H52N10O9S2. The molecule has 0 aromatic heterocycles. The Kier molecular flexibility index (Phi) is 15.2. The third kappa shape index (κ3) is 13.0. The van der Waals surface area contributed by atoms with Crippen LogP contribution in [0.25, 0.3) is 0 Å². The molecule has 0 aromatic rings. The molecule has 0 radical (unpaired) electrons. The van der Waals surface area contributed by atoms with Crippen LogP contribution in [0.3, 0.4) is 0 Å². The number of carboxylic acids is 1. The van der Waals surface area contributed by atoms with E-state index in [0.717, 1.165) is 19.8 Å². The van der Waals surface area contributed by atoms with E-state index in [2.05, 4.69) is 14.8 Å². The van der Waals surface area contributed by atoms with Gasteiger partial charge < -0.3 is 35.6 Å². The molecule has 21 heteroatoms. The van der Waals surface area contributed by atoms with E-state index in [-0.39, 0.29) is 57.3 Å². The first-order valence-corrected chi connectivity index (χ1v) is 19.1. The first kappa shape index (κ1) is 39.8. The molecule has 1 saturated carbocycles. The average molecular weight is 725 g/mol. The lowest BCUT2D eigenvalue weighted by Gasteiger charge is -2.33. The van der Waals surface area contributed by atoms with E-state index in [9.17, 15) is 26.4 Å². The van der Waals surface area contributed by atoms with Crippen molar-refractivity contribution in [2.75, 3.05) is 92.3 Å². The second kappa shape index (κ2) is 18.4. The van der Waals surface area contributed by atoms with Gasteiger partial charge in [-0.1, -0.05) is 0 Å². The molecule has 3 heterocycles. The number of morpholine rings is 1. The summed E-state index contributed by atoms with van der Waals surface area (Å²) in [5.74, 6) is -1.85. The number of piperazine rings is 1. The third-order valence-electron chi connectivity index (χ3n) is 8.45. The smallest absolute Gasteiger partial charge is 0.300 e. The highest BCUT2D eigenvalue weighted by molar-refractivity contribution is 7.87. The van der Waals surface area contributed by atoms with Crippen LogP contribution < -0.4 is 20.5 Å². The highest BCUT2D eigenvalue weighted by atomic mass is 32.2. The zero-order chi connectivity index (χ0) is 35.5. The molecule has 1 aliphatic carbocycles. The quantitative estimate of drug-likeness (QED) is 0.0766. The van der Waals surface area contributed by atoms with Crippen LogP contribution in [-0.2, 0) is 39.5 Å². The van der Waals surface area contributed by atoms with Gasteiger partial charge in [0, 0.05) is 85.0 Å². The highest BCUT2D eigenvalue weighted by Crippen LogP contribution is 2.27. The fourth-order valence-corrected chi connectivity index (χ4v) is 8.16. The Labute approximate surface area is 283 Å². The average Bonchev–Trinajstić information content (AvgIpc) is 3.87. The zero-order valence-electron chi connectivity index (χ0n) is 27.8. The molecule has 4 fully saturated rings. The molecule has 19 nitrogen and oxygen atoms in total. The van der Waals surface area contributed by atoms with Crippen molar-refractivity contribution in [2.45, 2.75) is 51.1 Å². The van der Waals surface area contributed by atoms with E-state index < -0.39 is 50.7 Å². The summed E-state index contributed by atoms with van der Waals surface area (Å²) in [5.41, 5.74) is 5.62. The van der Waals surface area contributed by atoms with Crippen molar-refractivity contribution < 1.29 is 41.1 Å². The lowest BCUT2D eigenvalue weighted by atomic mass is 9.98. The van der Waals surface area contributed by atoms with Gasteiger partial charge >= 0.3 is 0 Å². The number of hydrogen-bond donors (Lipinski definition) is 6.